The Labute approximate surface area is 200 Å². The van der Waals surface area contributed by atoms with Crippen molar-refractivity contribution in [1.82, 2.24) is 15.0 Å². The summed E-state index contributed by atoms with van der Waals surface area (Å²) in [6.07, 6.45) is 5.92. The van der Waals surface area contributed by atoms with Crippen molar-refractivity contribution in [2.75, 3.05) is 58.1 Å². The van der Waals surface area contributed by atoms with Gasteiger partial charge in [0.2, 0.25) is 10.0 Å². The van der Waals surface area contributed by atoms with Gasteiger partial charge in [0.1, 0.15) is 12.4 Å². The monoisotopic (exact) mass is 482 g/mol. The standard InChI is InChI=1S/C25H30N4O4S/c1-26-11-13-33-20-6-4-19(5-7-20)23-15-25(22-9-8-21(32-2)14-24(22)28-23)29-12-10-18(17-29)16-27-34(3,30)31/h4,6,8-9,14-15,18,26-27H,10-13,16-17H2,1-3H3. The Balaban J connectivity index is 1.67. The van der Waals surface area contributed by atoms with Gasteiger partial charge in [0.25, 0.3) is 0 Å². The van der Waals surface area contributed by atoms with Crippen molar-refractivity contribution in [2.45, 2.75) is 6.42 Å². The van der Waals surface area contributed by atoms with Gasteiger partial charge >= 0.3 is 0 Å². The Bertz CT molecular complexity index is 1310. The molecule has 34 heavy (non-hydrogen) atoms. The Morgan fingerprint density at radius 3 is 2.79 bits per heavy atom. The molecule has 4 rings (SSSR count). The smallest absolute Gasteiger partial charge is 0.208 e. The predicted molar refractivity (Wildman–Crippen MR) is 134 cm³/mol. The van der Waals surface area contributed by atoms with E-state index in [1.165, 1.54) is 6.26 Å². The minimum atomic E-state index is -3.20. The third kappa shape index (κ3) is 5.89. The Hall–Kier alpha value is -3.06. The first kappa shape index (κ1) is 24.1. The summed E-state index contributed by atoms with van der Waals surface area (Å²) in [5.41, 5.74) is 9.74. The average molecular weight is 483 g/mol. The number of aromatic nitrogens is 1. The van der Waals surface area contributed by atoms with Crippen LogP contribution in [0.1, 0.15) is 12.1 Å². The number of sulfonamides is 1. The van der Waals surface area contributed by atoms with Crippen LogP contribution in [0.15, 0.2) is 53.6 Å². The lowest BCUT2D eigenvalue weighted by atomic mass is 10.1. The molecule has 0 bridgehead atoms. The summed E-state index contributed by atoms with van der Waals surface area (Å²) >= 11 is 0. The third-order valence-electron chi connectivity index (χ3n) is 5.86. The molecule has 2 heterocycles. The molecule has 1 saturated heterocycles. The molecule has 1 aromatic heterocycles. The average Bonchev–Trinajstić information content (AvgIpc) is 3.31. The van der Waals surface area contributed by atoms with E-state index in [1.807, 2.05) is 37.4 Å². The summed E-state index contributed by atoms with van der Waals surface area (Å²) in [4.78, 5) is 7.18. The predicted octanol–water partition coefficient (Wildman–Crippen LogP) is 2.45. The van der Waals surface area contributed by atoms with Gasteiger partial charge < -0.3 is 19.7 Å². The lowest BCUT2D eigenvalue weighted by molar-refractivity contribution is 0.228. The van der Waals surface area contributed by atoms with Crippen LogP contribution in [0.3, 0.4) is 0 Å². The fourth-order valence-corrected chi connectivity index (χ4v) is 4.61. The Morgan fingerprint density at radius 1 is 1.24 bits per heavy atom. The zero-order valence-corrected chi connectivity index (χ0v) is 20.5. The SMILES string of the molecule is CNCCOC1=C=C=C(c2cc(N3CCC(CNS(C)(=O)=O)C3)c3ccc(OC)cc3n2)C=C1. The maximum Gasteiger partial charge on any atom is 0.208 e. The first-order valence-electron chi connectivity index (χ1n) is 11.3. The number of allylic oxidation sites excluding steroid dienone is 3. The van der Waals surface area contributed by atoms with Crippen molar-refractivity contribution >= 4 is 32.2 Å². The molecule has 1 aliphatic heterocycles. The fraction of sp³-hybridized carbons (Fsp3) is 0.400. The van der Waals surface area contributed by atoms with Crippen LogP contribution in [-0.2, 0) is 14.8 Å². The van der Waals surface area contributed by atoms with E-state index in [4.69, 9.17) is 14.5 Å². The highest BCUT2D eigenvalue weighted by Crippen LogP contribution is 2.34. The van der Waals surface area contributed by atoms with Gasteiger partial charge in [-0.15, -0.1) is 0 Å². The van der Waals surface area contributed by atoms with Gasteiger partial charge in [0.15, 0.2) is 5.76 Å². The highest BCUT2D eigenvalue weighted by Gasteiger charge is 2.25. The van der Waals surface area contributed by atoms with Crippen LogP contribution < -0.4 is 19.7 Å². The molecule has 0 amide bonds. The summed E-state index contributed by atoms with van der Waals surface area (Å²) in [7, 11) is 0.316. The van der Waals surface area contributed by atoms with E-state index >= 15 is 0 Å². The van der Waals surface area contributed by atoms with E-state index in [-0.39, 0.29) is 5.92 Å². The second kappa shape index (κ2) is 10.5. The number of likely N-dealkylation sites (N-methyl/N-ethyl adjacent to an activating group) is 1. The van der Waals surface area contributed by atoms with Crippen molar-refractivity contribution in [3.63, 3.8) is 0 Å². The minimum absolute atomic E-state index is 0.244. The lowest BCUT2D eigenvalue weighted by Crippen LogP contribution is -2.30. The van der Waals surface area contributed by atoms with Crippen LogP contribution >= 0.6 is 0 Å². The number of hydrogen-bond acceptors (Lipinski definition) is 7. The van der Waals surface area contributed by atoms with Gasteiger partial charge in [-0.2, -0.15) is 0 Å². The second-order valence-electron chi connectivity index (χ2n) is 8.44. The Morgan fingerprint density at radius 2 is 2.09 bits per heavy atom. The number of ether oxygens (including phenoxy) is 2. The highest BCUT2D eigenvalue weighted by atomic mass is 32.2. The van der Waals surface area contributed by atoms with Crippen LogP contribution in [0.25, 0.3) is 16.5 Å². The molecule has 1 unspecified atom stereocenters. The van der Waals surface area contributed by atoms with Crippen molar-refractivity contribution in [3.05, 3.63) is 59.3 Å². The number of rotatable bonds is 10. The summed E-state index contributed by atoms with van der Waals surface area (Å²) in [6.45, 7) is 3.36. The second-order valence-corrected chi connectivity index (χ2v) is 10.3. The summed E-state index contributed by atoms with van der Waals surface area (Å²) < 4.78 is 36.7. The molecule has 2 N–H and O–H groups in total. The molecular formula is C25H30N4O4S. The molecule has 0 spiro atoms. The third-order valence-corrected chi connectivity index (χ3v) is 6.55. The summed E-state index contributed by atoms with van der Waals surface area (Å²) in [5, 5.41) is 4.07. The van der Waals surface area contributed by atoms with Crippen LogP contribution in [-0.4, -0.2) is 66.6 Å². The van der Waals surface area contributed by atoms with E-state index in [9.17, 15) is 8.42 Å². The molecule has 1 atom stereocenters. The van der Waals surface area contributed by atoms with Gasteiger partial charge in [-0.3, -0.25) is 0 Å². The molecule has 8 nitrogen and oxygen atoms in total. The number of methoxy groups -OCH3 is 1. The topological polar surface area (TPSA) is 92.8 Å². The fourth-order valence-electron chi connectivity index (χ4n) is 4.07. The molecule has 2 aliphatic rings. The molecule has 2 aromatic rings. The molecule has 9 heteroatoms. The van der Waals surface area contributed by atoms with E-state index in [2.05, 4.69) is 32.5 Å². The first-order valence-corrected chi connectivity index (χ1v) is 13.2. The molecule has 1 fully saturated rings. The minimum Gasteiger partial charge on any atom is -0.497 e. The quantitative estimate of drug-likeness (QED) is 0.397. The number of pyridine rings is 1. The summed E-state index contributed by atoms with van der Waals surface area (Å²) in [6, 6.07) is 7.96. The number of fused-ring (bicyclic) bond motifs is 1. The van der Waals surface area contributed by atoms with Crippen molar-refractivity contribution in [3.8, 4) is 5.75 Å². The van der Waals surface area contributed by atoms with E-state index in [1.54, 1.807) is 7.11 Å². The molecular weight excluding hydrogens is 452 g/mol. The number of anilines is 1. The number of nitrogens with zero attached hydrogens (tertiary/aromatic N) is 2. The maximum absolute atomic E-state index is 11.5. The maximum atomic E-state index is 11.5. The first-order chi connectivity index (χ1) is 16.4. The zero-order chi connectivity index (χ0) is 24.1. The molecule has 1 aliphatic carbocycles. The van der Waals surface area contributed by atoms with Crippen molar-refractivity contribution < 1.29 is 17.9 Å². The van der Waals surface area contributed by atoms with Crippen LogP contribution in [0.4, 0.5) is 5.69 Å². The zero-order valence-electron chi connectivity index (χ0n) is 19.7. The van der Waals surface area contributed by atoms with E-state index in [0.29, 0.717) is 18.9 Å². The lowest BCUT2D eigenvalue weighted by Gasteiger charge is -2.22. The number of benzene rings is 1. The summed E-state index contributed by atoms with van der Waals surface area (Å²) in [5.74, 6) is 1.62. The Kier molecular flexibility index (Phi) is 7.41. The molecule has 0 radical (unpaired) electrons. The van der Waals surface area contributed by atoms with Crippen molar-refractivity contribution in [1.29, 1.82) is 0 Å². The molecule has 1 aromatic carbocycles. The molecule has 0 saturated carbocycles. The van der Waals surface area contributed by atoms with Gasteiger partial charge in [0, 0.05) is 43.3 Å². The van der Waals surface area contributed by atoms with E-state index < -0.39 is 10.0 Å². The molecule has 180 valence electrons. The van der Waals surface area contributed by atoms with Crippen molar-refractivity contribution in [2.24, 2.45) is 5.92 Å². The number of nitrogens with one attached hydrogen (secondary N) is 2. The largest absolute Gasteiger partial charge is 0.497 e. The normalized spacial score (nSPS) is 17.7. The number of hydrogen-bond donors (Lipinski definition) is 2. The van der Waals surface area contributed by atoms with Crippen LogP contribution in [0.5, 0.6) is 5.75 Å². The van der Waals surface area contributed by atoms with E-state index in [0.717, 1.165) is 59.7 Å². The van der Waals surface area contributed by atoms with Crippen LogP contribution in [0, 0.1) is 5.92 Å². The highest BCUT2D eigenvalue weighted by molar-refractivity contribution is 7.88. The van der Waals surface area contributed by atoms with Gasteiger partial charge in [-0.25, -0.2) is 18.1 Å². The van der Waals surface area contributed by atoms with Gasteiger partial charge in [-0.05, 0) is 55.5 Å². The van der Waals surface area contributed by atoms with Gasteiger partial charge in [-0.1, -0.05) is 5.73 Å². The van der Waals surface area contributed by atoms with Crippen LogP contribution in [0.2, 0.25) is 0 Å². The van der Waals surface area contributed by atoms with Gasteiger partial charge in [0.05, 0.1) is 30.1 Å².